The Kier molecular flexibility index (Phi) is 4.84. The van der Waals surface area contributed by atoms with E-state index in [1.165, 1.54) is 6.20 Å². The van der Waals surface area contributed by atoms with Crippen LogP contribution in [0.3, 0.4) is 0 Å². The lowest BCUT2D eigenvalue weighted by atomic mass is 10.2. The molecule has 0 fully saturated rings. The molecule has 3 nitrogen and oxygen atoms in total. The summed E-state index contributed by atoms with van der Waals surface area (Å²) in [4.78, 5) is 4.99. The summed E-state index contributed by atoms with van der Waals surface area (Å²) in [5, 5.41) is 0. The van der Waals surface area contributed by atoms with Gasteiger partial charge in [-0.25, -0.2) is 0 Å². The largest absolute Gasteiger partial charge is 0.404 e. The van der Waals surface area contributed by atoms with Crippen LogP contribution in [-0.4, -0.2) is 16.7 Å². The molecule has 0 amide bonds. The number of rotatable bonds is 4. The second kappa shape index (κ2) is 6.15. The SMILES string of the molecule is C=C(N=C/C(C)=C\N)c1ccc(S(C)=O)cc1. The summed E-state index contributed by atoms with van der Waals surface area (Å²) in [6.45, 7) is 5.73. The molecule has 0 heterocycles. The van der Waals surface area contributed by atoms with E-state index in [9.17, 15) is 4.21 Å². The van der Waals surface area contributed by atoms with Crippen molar-refractivity contribution in [3.05, 3.63) is 48.2 Å². The molecule has 0 aliphatic heterocycles. The number of aliphatic imine (C=N–C) groups is 1. The third-order valence-electron chi connectivity index (χ3n) is 2.21. The second-order valence-electron chi connectivity index (χ2n) is 3.59. The van der Waals surface area contributed by atoms with Gasteiger partial charge in [0.1, 0.15) is 0 Å². The molecule has 0 radical (unpaired) electrons. The van der Waals surface area contributed by atoms with Crippen molar-refractivity contribution in [3.8, 4) is 0 Å². The van der Waals surface area contributed by atoms with Gasteiger partial charge in [0.2, 0.25) is 0 Å². The number of benzene rings is 1. The summed E-state index contributed by atoms with van der Waals surface area (Å²) < 4.78 is 11.2. The van der Waals surface area contributed by atoms with Gasteiger partial charge < -0.3 is 5.73 Å². The van der Waals surface area contributed by atoms with Crippen LogP contribution in [0.2, 0.25) is 0 Å². The number of nitrogens with two attached hydrogens (primary N) is 1. The van der Waals surface area contributed by atoms with E-state index >= 15 is 0 Å². The Labute approximate surface area is 104 Å². The number of allylic oxidation sites excluding steroid dienone is 1. The third kappa shape index (κ3) is 4.00. The third-order valence-corrected chi connectivity index (χ3v) is 3.14. The first kappa shape index (κ1) is 13.4. The average molecular weight is 248 g/mol. The number of hydrogen-bond acceptors (Lipinski definition) is 3. The van der Waals surface area contributed by atoms with E-state index in [4.69, 9.17) is 5.73 Å². The normalized spacial score (nSPS) is 13.9. The topological polar surface area (TPSA) is 55.4 Å². The molecule has 1 aromatic carbocycles. The summed E-state index contributed by atoms with van der Waals surface area (Å²) in [6, 6.07) is 7.35. The fourth-order valence-corrected chi connectivity index (χ4v) is 1.66. The van der Waals surface area contributed by atoms with E-state index in [1.54, 1.807) is 12.5 Å². The van der Waals surface area contributed by atoms with Gasteiger partial charge in [0.15, 0.2) is 0 Å². The molecule has 2 N–H and O–H groups in total. The minimum atomic E-state index is -0.957. The van der Waals surface area contributed by atoms with Crippen molar-refractivity contribution in [1.29, 1.82) is 0 Å². The van der Waals surface area contributed by atoms with Crippen LogP contribution in [0.4, 0.5) is 0 Å². The van der Waals surface area contributed by atoms with Crippen LogP contribution in [0, 0.1) is 0 Å². The Hall–Kier alpha value is -1.68. The molecule has 1 rings (SSSR count). The van der Waals surface area contributed by atoms with E-state index < -0.39 is 10.8 Å². The maximum Gasteiger partial charge on any atom is 0.0630 e. The van der Waals surface area contributed by atoms with Gasteiger partial charge in [-0.3, -0.25) is 9.20 Å². The minimum absolute atomic E-state index is 0.652. The smallest absolute Gasteiger partial charge is 0.0630 e. The van der Waals surface area contributed by atoms with Crippen LogP contribution in [0.5, 0.6) is 0 Å². The Balaban J connectivity index is 2.84. The van der Waals surface area contributed by atoms with E-state index in [2.05, 4.69) is 11.6 Å². The molecule has 0 spiro atoms. The molecule has 1 aromatic rings. The maximum absolute atomic E-state index is 11.2. The first-order valence-corrected chi connectivity index (χ1v) is 6.65. The van der Waals surface area contributed by atoms with Gasteiger partial charge in [0.25, 0.3) is 0 Å². The Morgan fingerprint density at radius 3 is 2.47 bits per heavy atom. The highest BCUT2D eigenvalue weighted by atomic mass is 32.2. The molecular formula is C13H16N2OS. The van der Waals surface area contributed by atoms with Crippen LogP contribution >= 0.6 is 0 Å². The summed E-state index contributed by atoms with van der Waals surface area (Å²) in [6.07, 6.45) is 4.80. The van der Waals surface area contributed by atoms with E-state index in [0.717, 1.165) is 16.0 Å². The molecule has 0 saturated heterocycles. The molecule has 0 aliphatic carbocycles. The summed E-state index contributed by atoms with van der Waals surface area (Å²) in [5.41, 5.74) is 7.76. The van der Waals surface area contributed by atoms with Gasteiger partial charge in [-0.2, -0.15) is 0 Å². The van der Waals surface area contributed by atoms with Gasteiger partial charge in [-0.05, 0) is 36.4 Å². The van der Waals surface area contributed by atoms with E-state index in [-0.39, 0.29) is 0 Å². The predicted octanol–water partition coefficient (Wildman–Crippen LogP) is 2.33. The Morgan fingerprint density at radius 2 is 2.00 bits per heavy atom. The molecule has 4 heteroatoms. The van der Waals surface area contributed by atoms with Crippen LogP contribution in [0.1, 0.15) is 12.5 Å². The summed E-state index contributed by atoms with van der Waals surface area (Å²) >= 11 is 0. The van der Waals surface area contributed by atoms with Gasteiger partial charge in [0, 0.05) is 28.2 Å². The molecule has 0 aromatic heterocycles. The first-order chi connectivity index (χ1) is 8.04. The van der Waals surface area contributed by atoms with Crippen LogP contribution in [0.15, 0.2) is 52.5 Å². The van der Waals surface area contributed by atoms with Gasteiger partial charge >= 0.3 is 0 Å². The highest BCUT2D eigenvalue weighted by Gasteiger charge is 1.99. The lowest BCUT2D eigenvalue weighted by molar-refractivity contribution is 0.687. The van der Waals surface area contributed by atoms with E-state index in [0.29, 0.717) is 5.70 Å². The molecule has 90 valence electrons. The molecule has 17 heavy (non-hydrogen) atoms. The van der Waals surface area contributed by atoms with Crippen molar-refractivity contribution >= 4 is 22.7 Å². The standard InChI is InChI=1S/C13H16N2OS/c1-10(8-14)9-15-11(2)12-4-6-13(7-5-12)17(3)16/h4-9H,2,14H2,1,3H3/b10-8-,15-9?. The summed E-state index contributed by atoms with van der Waals surface area (Å²) in [5.74, 6) is 0. The van der Waals surface area contributed by atoms with Gasteiger partial charge in [0.05, 0.1) is 5.70 Å². The zero-order chi connectivity index (χ0) is 12.8. The van der Waals surface area contributed by atoms with Crippen molar-refractivity contribution in [1.82, 2.24) is 0 Å². The number of nitrogens with zero attached hydrogens (tertiary/aromatic N) is 1. The van der Waals surface area contributed by atoms with Gasteiger partial charge in [-0.15, -0.1) is 0 Å². The zero-order valence-corrected chi connectivity index (χ0v) is 10.8. The lowest BCUT2D eigenvalue weighted by Gasteiger charge is -2.01. The molecule has 0 bridgehead atoms. The molecule has 1 unspecified atom stereocenters. The average Bonchev–Trinajstić information content (AvgIpc) is 2.35. The molecule has 1 atom stereocenters. The van der Waals surface area contributed by atoms with Crippen molar-refractivity contribution in [2.24, 2.45) is 10.7 Å². The van der Waals surface area contributed by atoms with Crippen molar-refractivity contribution in [2.45, 2.75) is 11.8 Å². The highest BCUT2D eigenvalue weighted by Crippen LogP contribution is 2.15. The first-order valence-electron chi connectivity index (χ1n) is 5.10. The van der Waals surface area contributed by atoms with Gasteiger partial charge in [-0.1, -0.05) is 18.7 Å². The van der Waals surface area contributed by atoms with E-state index in [1.807, 2.05) is 31.2 Å². The molecular weight excluding hydrogens is 232 g/mol. The Bertz CT molecular complexity index is 487. The fraction of sp³-hybridized carbons (Fsp3) is 0.154. The minimum Gasteiger partial charge on any atom is -0.404 e. The fourth-order valence-electron chi connectivity index (χ4n) is 1.14. The monoisotopic (exact) mass is 248 g/mol. The maximum atomic E-state index is 11.2. The van der Waals surface area contributed by atoms with Crippen molar-refractivity contribution in [3.63, 3.8) is 0 Å². The zero-order valence-electron chi connectivity index (χ0n) is 10.0. The number of hydrogen-bond donors (Lipinski definition) is 1. The quantitative estimate of drug-likeness (QED) is 0.831. The Morgan fingerprint density at radius 1 is 1.41 bits per heavy atom. The van der Waals surface area contributed by atoms with Crippen LogP contribution in [-0.2, 0) is 10.8 Å². The van der Waals surface area contributed by atoms with Crippen molar-refractivity contribution in [2.75, 3.05) is 6.26 Å². The molecule has 0 saturated carbocycles. The molecule has 0 aliphatic rings. The lowest BCUT2D eigenvalue weighted by Crippen LogP contribution is -1.89. The van der Waals surface area contributed by atoms with Crippen LogP contribution in [0.25, 0.3) is 5.70 Å². The predicted molar refractivity (Wildman–Crippen MR) is 74.2 cm³/mol. The summed E-state index contributed by atoms with van der Waals surface area (Å²) in [7, 11) is -0.957. The second-order valence-corrected chi connectivity index (χ2v) is 4.97. The highest BCUT2D eigenvalue weighted by molar-refractivity contribution is 7.84. The van der Waals surface area contributed by atoms with Crippen LogP contribution < -0.4 is 5.73 Å². The van der Waals surface area contributed by atoms with Crippen molar-refractivity contribution < 1.29 is 4.21 Å².